The van der Waals surface area contributed by atoms with Gasteiger partial charge in [0.1, 0.15) is 5.82 Å². The Morgan fingerprint density at radius 1 is 1.39 bits per heavy atom. The van der Waals surface area contributed by atoms with Gasteiger partial charge >= 0.3 is 0 Å². The van der Waals surface area contributed by atoms with Gasteiger partial charge in [-0.15, -0.1) is 5.10 Å². The highest BCUT2D eigenvalue weighted by molar-refractivity contribution is 5.89. The van der Waals surface area contributed by atoms with Gasteiger partial charge in [0.2, 0.25) is 5.91 Å². The van der Waals surface area contributed by atoms with Crippen LogP contribution < -0.4 is 5.32 Å². The van der Waals surface area contributed by atoms with Crippen LogP contribution in [0.25, 0.3) is 5.69 Å². The summed E-state index contributed by atoms with van der Waals surface area (Å²) in [6, 6.07) is 7.81. The second kappa shape index (κ2) is 5.00. The van der Waals surface area contributed by atoms with E-state index in [4.69, 9.17) is 0 Å². The summed E-state index contributed by atoms with van der Waals surface area (Å²) in [4.78, 5) is 11.3. The van der Waals surface area contributed by atoms with Gasteiger partial charge in [0.15, 0.2) is 5.82 Å². The van der Waals surface area contributed by atoms with E-state index >= 15 is 0 Å². The number of nitrogens with one attached hydrogen (secondary N) is 1. The van der Waals surface area contributed by atoms with Crippen molar-refractivity contribution in [1.29, 1.82) is 0 Å². The van der Waals surface area contributed by atoms with Gasteiger partial charge in [-0.25, -0.2) is 9.07 Å². The molecule has 0 atom stereocenters. The number of carbonyl (C=O) groups is 1. The van der Waals surface area contributed by atoms with Crippen LogP contribution in [0.5, 0.6) is 0 Å². The summed E-state index contributed by atoms with van der Waals surface area (Å²) < 4.78 is 14.5. The molecule has 2 rings (SSSR count). The summed E-state index contributed by atoms with van der Waals surface area (Å²) in [6.45, 7) is 3.65. The molecule has 1 heterocycles. The van der Waals surface area contributed by atoms with Crippen molar-refractivity contribution in [3.63, 3.8) is 0 Å². The van der Waals surface area contributed by atoms with Gasteiger partial charge in [-0.1, -0.05) is 6.92 Å². The normalized spacial score (nSPS) is 10.4. The highest BCUT2D eigenvalue weighted by Crippen LogP contribution is 2.15. The van der Waals surface area contributed by atoms with Crippen LogP contribution in [-0.2, 0) is 4.79 Å². The lowest BCUT2D eigenvalue weighted by molar-refractivity contribution is -0.115. The monoisotopic (exact) mass is 247 g/mol. The predicted molar refractivity (Wildman–Crippen MR) is 67.2 cm³/mol. The fraction of sp³-hybridized carbons (Fsp3) is 0.231. The molecule has 0 fully saturated rings. The molecular formula is C13H14FN3O. The molecule has 1 amide bonds. The van der Waals surface area contributed by atoms with E-state index in [-0.39, 0.29) is 11.7 Å². The van der Waals surface area contributed by atoms with E-state index in [1.54, 1.807) is 29.8 Å². The van der Waals surface area contributed by atoms with Crippen molar-refractivity contribution in [3.8, 4) is 5.69 Å². The number of aryl methyl sites for hydroxylation is 1. The molecule has 1 N–H and O–H groups in total. The van der Waals surface area contributed by atoms with Crippen LogP contribution in [-0.4, -0.2) is 15.7 Å². The summed E-state index contributed by atoms with van der Waals surface area (Å²) in [5, 5.41) is 6.95. The van der Waals surface area contributed by atoms with E-state index in [0.29, 0.717) is 12.2 Å². The highest BCUT2D eigenvalue weighted by Gasteiger charge is 2.08. The maximum absolute atomic E-state index is 12.8. The lowest BCUT2D eigenvalue weighted by Crippen LogP contribution is -2.10. The van der Waals surface area contributed by atoms with E-state index in [1.165, 1.54) is 12.1 Å². The van der Waals surface area contributed by atoms with Crippen molar-refractivity contribution in [2.24, 2.45) is 0 Å². The number of rotatable bonds is 3. The first-order valence-electron chi connectivity index (χ1n) is 5.72. The molecular weight excluding hydrogens is 233 g/mol. The van der Waals surface area contributed by atoms with E-state index in [2.05, 4.69) is 10.4 Å². The molecule has 5 heteroatoms. The van der Waals surface area contributed by atoms with Gasteiger partial charge < -0.3 is 5.32 Å². The first kappa shape index (κ1) is 12.3. The summed E-state index contributed by atoms with van der Waals surface area (Å²) in [5.41, 5.74) is 1.62. The van der Waals surface area contributed by atoms with Gasteiger partial charge in [-0.3, -0.25) is 4.79 Å². The standard InChI is InChI=1S/C13H14FN3O/c1-3-13(18)15-12-8-9(2)17(16-12)11-6-4-10(14)5-7-11/h4-8H,3H2,1-2H3,(H,15,16,18). The Kier molecular flexibility index (Phi) is 3.41. The van der Waals surface area contributed by atoms with Crippen LogP contribution in [0, 0.1) is 12.7 Å². The van der Waals surface area contributed by atoms with E-state index in [0.717, 1.165) is 11.4 Å². The van der Waals surface area contributed by atoms with Gasteiger partial charge in [0.25, 0.3) is 0 Å². The smallest absolute Gasteiger partial charge is 0.225 e. The number of nitrogens with zero attached hydrogens (tertiary/aromatic N) is 2. The summed E-state index contributed by atoms with van der Waals surface area (Å²) in [5.74, 6) is 0.130. The Hall–Kier alpha value is -2.17. The third kappa shape index (κ3) is 2.56. The molecule has 1 aromatic heterocycles. The van der Waals surface area contributed by atoms with Crippen LogP contribution in [0.2, 0.25) is 0 Å². The zero-order chi connectivity index (χ0) is 13.1. The lowest BCUT2D eigenvalue weighted by Gasteiger charge is -2.03. The van der Waals surface area contributed by atoms with E-state index in [1.807, 2.05) is 6.92 Å². The zero-order valence-electron chi connectivity index (χ0n) is 10.3. The van der Waals surface area contributed by atoms with Crippen LogP contribution in [0.15, 0.2) is 30.3 Å². The minimum absolute atomic E-state index is 0.0845. The molecule has 4 nitrogen and oxygen atoms in total. The van der Waals surface area contributed by atoms with E-state index < -0.39 is 0 Å². The summed E-state index contributed by atoms with van der Waals surface area (Å²) >= 11 is 0. The Morgan fingerprint density at radius 2 is 2.06 bits per heavy atom. The molecule has 94 valence electrons. The molecule has 0 bridgehead atoms. The minimum atomic E-state index is -0.289. The highest BCUT2D eigenvalue weighted by atomic mass is 19.1. The number of hydrogen-bond acceptors (Lipinski definition) is 2. The molecule has 0 aliphatic rings. The van der Waals surface area contributed by atoms with Gasteiger partial charge in [-0.05, 0) is 31.2 Å². The van der Waals surface area contributed by atoms with Crippen LogP contribution in [0.1, 0.15) is 19.0 Å². The quantitative estimate of drug-likeness (QED) is 0.906. The second-order valence-electron chi connectivity index (χ2n) is 3.96. The van der Waals surface area contributed by atoms with Gasteiger partial charge in [-0.2, -0.15) is 0 Å². The van der Waals surface area contributed by atoms with Crippen molar-refractivity contribution in [2.45, 2.75) is 20.3 Å². The first-order chi connectivity index (χ1) is 8.60. The van der Waals surface area contributed by atoms with E-state index in [9.17, 15) is 9.18 Å². The predicted octanol–water partition coefficient (Wildman–Crippen LogP) is 2.67. The fourth-order valence-corrected chi connectivity index (χ4v) is 1.61. The fourth-order valence-electron chi connectivity index (χ4n) is 1.61. The van der Waals surface area contributed by atoms with Gasteiger partial charge in [0.05, 0.1) is 5.69 Å². The Labute approximate surface area is 104 Å². The molecule has 1 aromatic carbocycles. The third-order valence-corrected chi connectivity index (χ3v) is 2.55. The SMILES string of the molecule is CCC(=O)Nc1cc(C)n(-c2ccc(F)cc2)n1. The largest absolute Gasteiger partial charge is 0.309 e. The average molecular weight is 247 g/mol. The van der Waals surface area contributed by atoms with Crippen molar-refractivity contribution in [1.82, 2.24) is 9.78 Å². The zero-order valence-corrected chi connectivity index (χ0v) is 10.3. The molecule has 18 heavy (non-hydrogen) atoms. The minimum Gasteiger partial charge on any atom is -0.309 e. The average Bonchev–Trinajstić information content (AvgIpc) is 2.71. The number of carbonyl (C=O) groups excluding carboxylic acids is 1. The van der Waals surface area contributed by atoms with Crippen LogP contribution in [0.4, 0.5) is 10.2 Å². The maximum Gasteiger partial charge on any atom is 0.225 e. The lowest BCUT2D eigenvalue weighted by atomic mass is 10.3. The second-order valence-corrected chi connectivity index (χ2v) is 3.96. The molecule has 0 saturated carbocycles. The summed E-state index contributed by atoms with van der Waals surface area (Å²) in [6.07, 6.45) is 0.405. The van der Waals surface area contributed by atoms with Crippen molar-refractivity contribution < 1.29 is 9.18 Å². The third-order valence-electron chi connectivity index (χ3n) is 2.55. The molecule has 0 saturated heterocycles. The number of halogens is 1. The van der Waals surface area contributed by atoms with Crippen LogP contribution >= 0.6 is 0 Å². The van der Waals surface area contributed by atoms with Crippen molar-refractivity contribution >= 4 is 11.7 Å². The number of anilines is 1. The molecule has 0 radical (unpaired) electrons. The summed E-state index contributed by atoms with van der Waals surface area (Å²) in [7, 11) is 0. The number of aromatic nitrogens is 2. The van der Waals surface area contributed by atoms with Gasteiger partial charge in [0, 0.05) is 18.2 Å². The molecule has 2 aromatic rings. The first-order valence-corrected chi connectivity index (χ1v) is 5.72. The van der Waals surface area contributed by atoms with Crippen molar-refractivity contribution in [2.75, 3.05) is 5.32 Å². The number of amides is 1. The maximum atomic E-state index is 12.8. The number of hydrogen-bond donors (Lipinski definition) is 1. The number of benzene rings is 1. The van der Waals surface area contributed by atoms with Crippen LogP contribution in [0.3, 0.4) is 0 Å². The molecule has 0 aliphatic carbocycles. The Morgan fingerprint density at radius 3 is 2.67 bits per heavy atom. The molecule has 0 unspecified atom stereocenters. The van der Waals surface area contributed by atoms with Crippen molar-refractivity contribution in [3.05, 3.63) is 41.8 Å². The topological polar surface area (TPSA) is 46.9 Å². The molecule has 0 aliphatic heterocycles. The Bertz CT molecular complexity index is 560. The Balaban J connectivity index is 2.29. The molecule has 0 spiro atoms.